The van der Waals surface area contributed by atoms with Crippen LogP contribution in [0.3, 0.4) is 0 Å². The van der Waals surface area contributed by atoms with Crippen LogP contribution in [0.4, 0.5) is 32.0 Å². The number of alkyl halides is 6. The number of hydrogen-bond donors (Lipinski definition) is 1. The van der Waals surface area contributed by atoms with Crippen molar-refractivity contribution < 1.29 is 26.3 Å². The van der Waals surface area contributed by atoms with E-state index in [1.54, 1.807) is 0 Å². The minimum absolute atomic E-state index is 0.00706. The number of nitrogens with zero attached hydrogens (tertiary/aromatic N) is 2. The molecule has 1 fully saturated rings. The number of rotatable bonds is 4. The van der Waals surface area contributed by atoms with Crippen molar-refractivity contribution >= 4 is 16.6 Å². The van der Waals surface area contributed by atoms with Crippen molar-refractivity contribution in [1.29, 1.82) is 0 Å². The third kappa shape index (κ3) is 4.03. The first-order chi connectivity index (χ1) is 12.2. The van der Waals surface area contributed by atoms with Crippen LogP contribution in [0.5, 0.6) is 0 Å². The lowest BCUT2D eigenvalue weighted by Gasteiger charge is -2.18. The summed E-state index contributed by atoms with van der Waals surface area (Å²) >= 11 is 0. The van der Waals surface area contributed by atoms with Gasteiger partial charge in [0.15, 0.2) is 0 Å². The van der Waals surface area contributed by atoms with Crippen LogP contribution in [-0.2, 0) is 12.4 Å². The summed E-state index contributed by atoms with van der Waals surface area (Å²) in [6.45, 7) is 2.80. The molecule has 0 saturated carbocycles. The second-order valence-electron chi connectivity index (χ2n) is 6.23. The van der Waals surface area contributed by atoms with E-state index in [2.05, 4.69) is 15.2 Å². The molecule has 1 aromatic carbocycles. The van der Waals surface area contributed by atoms with Gasteiger partial charge in [0.1, 0.15) is 5.69 Å². The monoisotopic (exact) mass is 377 g/mol. The summed E-state index contributed by atoms with van der Waals surface area (Å²) in [5.74, 6) is 0. The van der Waals surface area contributed by atoms with Crippen molar-refractivity contribution in [3.8, 4) is 0 Å². The summed E-state index contributed by atoms with van der Waals surface area (Å²) in [5.41, 5.74) is -3.21. The maximum atomic E-state index is 13.2. The van der Waals surface area contributed by atoms with E-state index in [0.29, 0.717) is 13.1 Å². The van der Waals surface area contributed by atoms with Gasteiger partial charge in [0.2, 0.25) is 0 Å². The number of aromatic nitrogens is 1. The second kappa shape index (κ2) is 6.94. The van der Waals surface area contributed by atoms with Crippen LogP contribution in [0.2, 0.25) is 0 Å². The van der Waals surface area contributed by atoms with Crippen molar-refractivity contribution in [3.63, 3.8) is 0 Å². The molecule has 0 bridgehead atoms. The summed E-state index contributed by atoms with van der Waals surface area (Å²) < 4.78 is 78.9. The molecule has 1 aliphatic heterocycles. The Balaban J connectivity index is 1.99. The smallest absolute Gasteiger partial charge is 0.383 e. The van der Waals surface area contributed by atoms with Crippen LogP contribution in [0.15, 0.2) is 24.3 Å². The molecule has 1 N–H and O–H groups in total. The van der Waals surface area contributed by atoms with Crippen molar-refractivity contribution in [2.24, 2.45) is 0 Å². The van der Waals surface area contributed by atoms with E-state index < -0.39 is 29.1 Å². The predicted octanol–water partition coefficient (Wildman–Crippen LogP) is 4.78. The number of pyridine rings is 1. The Labute approximate surface area is 146 Å². The van der Waals surface area contributed by atoms with Gasteiger partial charge in [-0.3, -0.25) is 0 Å². The fourth-order valence-corrected chi connectivity index (χ4v) is 3.12. The van der Waals surface area contributed by atoms with Gasteiger partial charge in [0.05, 0.1) is 11.1 Å². The Morgan fingerprint density at radius 3 is 2.31 bits per heavy atom. The first kappa shape index (κ1) is 18.8. The Morgan fingerprint density at radius 1 is 1.00 bits per heavy atom. The molecule has 2 heterocycles. The lowest BCUT2D eigenvalue weighted by atomic mass is 10.1. The molecule has 142 valence electrons. The fraction of sp³-hybridized carbons (Fsp3) is 0.471. The Hall–Kier alpha value is -2.03. The number of anilines is 1. The van der Waals surface area contributed by atoms with Gasteiger partial charge in [-0.1, -0.05) is 12.1 Å². The molecular formula is C17H17F6N3. The maximum absolute atomic E-state index is 13.2. The zero-order valence-corrected chi connectivity index (χ0v) is 13.7. The Bertz CT molecular complexity index is 778. The molecule has 0 aliphatic carbocycles. The van der Waals surface area contributed by atoms with E-state index in [-0.39, 0.29) is 11.1 Å². The van der Waals surface area contributed by atoms with Gasteiger partial charge >= 0.3 is 12.4 Å². The van der Waals surface area contributed by atoms with E-state index >= 15 is 0 Å². The van der Waals surface area contributed by atoms with Crippen LogP contribution in [0, 0.1) is 0 Å². The van der Waals surface area contributed by atoms with E-state index in [0.717, 1.165) is 38.1 Å². The van der Waals surface area contributed by atoms with Gasteiger partial charge in [-0.2, -0.15) is 26.3 Å². The van der Waals surface area contributed by atoms with Crippen molar-refractivity contribution in [1.82, 2.24) is 9.88 Å². The third-order valence-corrected chi connectivity index (χ3v) is 4.38. The van der Waals surface area contributed by atoms with Gasteiger partial charge in [0.25, 0.3) is 0 Å². The number of nitrogens with one attached hydrogen (secondary N) is 1. The first-order valence-corrected chi connectivity index (χ1v) is 8.20. The number of hydrogen-bond acceptors (Lipinski definition) is 3. The van der Waals surface area contributed by atoms with Crippen LogP contribution in [0.1, 0.15) is 24.1 Å². The topological polar surface area (TPSA) is 28.2 Å². The molecule has 0 atom stereocenters. The number of para-hydroxylation sites is 1. The molecule has 0 spiro atoms. The molecule has 3 rings (SSSR count). The summed E-state index contributed by atoms with van der Waals surface area (Å²) in [6.07, 6.45) is -7.47. The molecule has 1 aliphatic rings. The molecule has 0 unspecified atom stereocenters. The highest BCUT2D eigenvalue weighted by atomic mass is 19.4. The molecule has 3 nitrogen and oxygen atoms in total. The molecule has 1 saturated heterocycles. The average Bonchev–Trinajstić information content (AvgIpc) is 3.05. The normalized spacial score (nSPS) is 16.4. The van der Waals surface area contributed by atoms with E-state index in [1.165, 1.54) is 12.1 Å². The number of fused-ring (bicyclic) bond motifs is 1. The minimum Gasteiger partial charge on any atom is -0.383 e. The van der Waals surface area contributed by atoms with Gasteiger partial charge in [-0.25, -0.2) is 4.98 Å². The van der Waals surface area contributed by atoms with Gasteiger partial charge in [-0.15, -0.1) is 0 Å². The molecule has 1 aromatic heterocycles. The number of likely N-dealkylation sites (tertiary alicyclic amines) is 1. The maximum Gasteiger partial charge on any atom is 0.433 e. The Kier molecular flexibility index (Phi) is 5.01. The molecular weight excluding hydrogens is 360 g/mol. The van der Waals surface area contributed by atoms with Crippen LogP contribution >= 0.6 is 0 Å². The first-order valence-electron chi connectivity index (χ1n) is 8.20. The summed E-state index contributed by atoms with van der Waals surface area (Å²) in [5, 5.41) is 2.88. The molecule has 0 radical (unpaired) electrons. The Morgan fingerprint density at radius 2 is 1.69 bits per heavy atom. The van der Waals surface area contributed by atoms with E-state index in [9.17, 15) is 26.3 Å². The van der Waals surface area contributed by atoms with Crippen molar-refractivity contribution in [2.45, 2.75) is 25.2 Å². The van der Waals surface area contributed by atoms with Crippen LogP contribution in [-0.4, -0.2) is 36.1 Å². The van der Waals surface area contributed by atoms with Crippen molar-refractivity contribution in [2.75, 3.05) is 31.5 Å². The fourth-order valence-electron chi connectivity index (χ4n) is 3.12. The van der Waals surface area contributed by atoms with Crippen molar-refractivity contribution in [3.05, 3.63) is 35.5 Å². The van der Waals surface area contributed by atoms with E-state index in [1.807, 2.05) is 0 Å². The standard InChI is InChI=1S/C17H17F6N3/c18-16(19,20)12-5-3-4-11-13(24-6-9-26-7-1-2-8-26)10-14(17(21,22)23)25-15(11)12/h3-5,10H,1-2,6-9H2,(H,24,25). The second-order valence-corrected chi connectivity index (χ2v) is 6.23. The highest BCUT2D eigenvalue weighted by molar-refractivity contribution is 5.93. The predicted molar refractivity (Wildman–Crippen MR) is 85.9 cm³/mol. The highest BCUT2D eigenvalue weighted by Crippen LogP contribution is 2.38. The minimum atomic E-state index is -4.84. The SMILES string of the molecule is FC(F)(F)c1cc(NCCN2CCCC2)c2cccc(C(F)(F)F)c2n1. The lowest BCUT2D eigenvalue weighted by Crippen LogP contribution is -2.26. The van der Waals surface area contributed by atoms with Crippen LogP contribution in [0.25, 0.3) is 10.9 Å². The number of halogens is 6. The zero-order chi connectivity index (χ0) is 18.9. The molecule has 2 aromatic rings. The zero-order valence-electron chi connectivity index (χ0n) is 13.7. The van der Waals surface area contributed by atoms with Gasteiger partial charge in [0, 0.05) is 24.2 Å². The summed E-state index contributed by atoms with van der Waals surface area (Å²) in [4.78, 5) is 5.42. The van der Waals surface area contributed by atoms with Gasteiger partial charge < -0.3 is 10.2 Å². The third-order valence-electron chi connectivity index (χ3n) is 4.38. The average molecular weight is 377 g/mol. The lowest BCUT2D eigenvalue weighted by molar-refractivity contribution is -0.142. The quantitative estimate of drug-likeness (QED) is 0.778. The van der Waals surface area contributed by atoms with Gasteiger partial charge in [-0.05, 0) is 38.1 Å². The molecule has 0 amide bonds. The van der Waals surface area contributed by atoms with Crippen LogP contribution < -0.4 is 5.32 Å². The highest BCUT2D eigenvalue weighted by Gasteiger charge is 2.37. The summed E-state index contributed by atoms with van der Waals surface area (Å²) in [6, 6.07) is 4.03. The molecule has 9 heteroatoms. The number of benzene rings is 1. The largest absolute Gasteiger partial charge is 0.433 e. The molecule has 26 heavy (non-hydrogen) atoms. The van der Waals surface area contributed by atoms with E-state index in [4.69, 9.17) is 0 Å². The summed E-state index contributed by atoms with van der Waals surface area (Å²) in [7, 11) is 0.